The van der Waals surface area contributed by atoms with Crippen LogP contribution in [0.1, 0.15) is 97.0 Å². The number of hydrogen-bond acceptors (Lipinski definition) is 11. The van der Waals surface area contributed by atoms with Crippen LogP contribution in [-0.4, -0.2) is 112 Å². The van der Waals surface area contributed by atoms with Crippen molar-refractivity contribution in [2.24, 2.45) is 11.8 Å². The van der Waals surface area contributed by atoms with Gasteiger partial charge >= 0.3 is 12.1 Å². The number of benzene rings is 1. The maximum Gasteiger partial charge on any atom is 0.409 e. The molecule has 13 nitrogen and oxygen atoms in total. The lowest BCUT2D eigenvalue weighted by atomic mass is 9.81. The van der Waals surface area contributed by atoms with Gasteiger partial charge in [0.15, 0.2) is 12.0 Å². The molecule has 15 heteroatoms. The Labute approximate surface area is 339 Å². The summed E-state index contributed by atoms with van der Waals surface area (Å²) in [4.78, 5) is 69.0. The topological polar surface area (TPSA) is 175 Å². The molecule has 56 heavy (non-hydrogen) atoms. The number of carbonyl (C=O) groups excluding carboxylic acids is 5. The largest absolute Gasteiger partial charge is 0.457 e. The lowest BCUT2D eigenvalue weighted by molar-refractivity contribution is -0.162. The number of nitrogens with one attached hydrogen (secondary N) is 1. The molecular weight excluding hydrogens is 762 g/mol. The molecule has 0 aliphatic carbocycles. The Hall–Kier alpha value is -3.43. The van der Waals surface area contributed by atoms with Crippen LogP contribution >= 0.6 is 23.4 Å². The number of rotatable bonds is 10. The molecule has 310 valence electrons. The van der Waals surface area contributed by atoms with Crippen molar-refractivity contribution >= 4 is 59.2 Å². The number of hydrogen-bond donors (Lipinski definition) is 3. The minimum absolute atomic E-state index is 0.0744. The molecule has 1 aromatic rings. The average molecular weight is 820 g/mol. The zero-order valence-electron chi connectivity index (χ0n) is 34.1. The van der Waals surface area contributed by atoms with Crippen LogP contribution in [0.4, 0.5) is 10.5 Å². The second-order valence-electron chi connectivity index (χ2n) is 16.5. The van der Waals surface area contributed by atoms with Gasteiger partial charge < -0.3 is 34.2 Å². The van der Waals surface area contributed by atoms with Crippen molar-refractivity contribution in [3.05, 3.63) is 52.1 Å². The van der Waals surface area contributed by atoms with Crippen molar-refractivity contribution in [1.29, 1.82) is 0 Å². The van der Waals surface area contributed by atoms with Gasteiger partial charge in [0, 0.05) is 49.1 Å². The Morgan fingerprint density at radius 3 is 2.55 bits per heavy atom. The highest BCUT2D eigenvalue weighted by atomic mass is 35.5. The van der Waals surface area contributed by atoms with E-state index in [0.29, 0.717) is 29.9 Å². The summed E-state index contributed by atoms with van der Waals surface area (Å²) < 4.78 is 17.9. The second kappa shape index (κ2) is 18.0. The number of aliphatic hydroxyl groups is 2. The van der Waals surface area contributed by atoms with E-state index in [1.54, 1.807) is 69.9 Å². The quantitative estimate of drug-likeness (QED) is 0.152. The number of ether oxygens (including phenoxy) is 3. The van der Waals surface area contributed by atoms with Gasteiger partial charge in [-0.1, -0.05) is 70.0 Å². The summed E-state index contributed by atoms with van der Waals surface area (Å²) in [6.07, 6.45) is 2.73. The van der Waals surface area contributed by atoms with E-state index in [1.165, 1.54) is 16.8 Å². The average Bonchev–Trinajstić information content (AvgIpc) is 3.82. The molecule has 8 atom stereocenters. The Balaban J connectivity index is 1.71. The number of epoxide rings is 1. The van der Waals surface area contributed by atoms with Crippen LogP contribution in [0.5, 0.6) is 0 Å². The number of alkyl carbamates (subject to hydrolysis) is 1. The highest BCUT2D eigenvalue weighted by Gasteiger charge is 2.64. The summed E-state index contributed by atoms with van der Waals surface area (Å²) in [5, 5.41) is 25.0. The van der Waals surface area contributed by atoms with Crippen LogP contribution in [-0.2, 0) is 35.0 Å². The fourth-order valence-electron chi connectivity index (χ4n) is 7.52. The number of allylic oxidation sites excluding steroid dienone is 3. The van der Waals surface area contributed by atoms with Crippen LogP contribution in [0.15, 0.2) is 35.9 Å². The number of likely N-dealkylation sites (N-methyl/N-ethyl adjacent to an activating group) is 1. The Morgan fingerprint density at radius 1 is 1.25 bits per heavy atom. The fraction of sp³-hybridized carbons (Fsp3) is 0.634. The van der Waals surface area contributed by atoms with Crippen molar-refractivity contribution in [2.45, 2.75) is 133 Å². The number of fused-ring (bicyclic) bond motifs is 5. The molecule has 3 heterocycles. The van der Waals surface area contributed by atoms with E-state index >= 15 is 0 Å². The first-order valence-electron chi connectivity index (χ1n) is 19.1. The monoisotopic (exact) mass is 819 g/mol. The van der Waals surface area contributed by atoms with E-state index in [4.69, 9.17) is 25.8 Å². The molecule has 3 amide bonds. The number of carbonyl (C=O) groups is 5. The summed E-state index contributed by atoms with van der Waals surface area (Å²) in [7, 11) is 3.06. The normalized spacial score (nSPS) is 30.6. The molecule has 1 aromatic carbocycles. The molecule has 2 fully saturated rings. The third-order valence-electron chi connectivity index (χ3n) is 11.1. The van der Waals surface area contributed by atoms with E-state index in [9.17, 15) is 34.2 Å². The first-order valence-corrected chi connectivity index (χ1v) is 20.3. The SMILES string of the molecule is C/C1=C\C=C\[C@@H](CO)[C@@]2(O)C[C@H](OC(=O)N2)[C@@H](C)[C@@H]2O[C@@]2(C)[C@@H](OC(=O)[C@H](C)N(C)C(=O)CCC(C)(C)SC(C)C)CC(=O)N(C)c2cc(cc(C=O)c2Cl)C1. The third kappa shape index (κ3) is 10.5. The van der Waals surface area contributed by atoms with Crippen molar-refractivity contribution in [2.75, 3.05) is 25.6 Å². The summed E-state index contributed by atoms with van der Waals surface area (Å²) in [6.45, 7) is 14.8. The van der Waals surface area contributed by atoms with E-state index < -0.39 is 72.1 Å². The van der Waals surface area contributed by atoms with Gasteiger partial charge in [-0.3, -0.25) is 19.7 Å². The van der Waals surface area contributed by atoms with E-state index in [0.717, 1.165) is 5.57 Å². The van der Waals surface area contributed by atoms with Crippen molar-refractivity contribution in [3.8, 4) is 0 Å². The summed E-state index contributed by atoms with van der Waals surface area (Å²) in [5.74, 6) is -2.96. The number of aldehydes is 1. The fourth-order valence-corrected chi connectivity index (χ4v) is 9.29. The smallest absolute Gasteiger partial charge is 0.409 e. The Bertz CT molecular complexity index is 1730. The summed E-state index contributed by atoms with van der Waals surface area (Å²) in [5.41, 5.74) is -1.15. The molecule has 0 spiro atoms. The van der Waals surface area contributed by atoms with Gasteiger partial charge in [-0.2, -0.15) is 11.8 Å². The Kier molecular flexibility index (Phi) is 14.6. The number of thioether (sulfide) groups is 1. The molecule has 0 saturated carbocycles. The second-order valence-corrected chi connectivity index (χ2v) is 19.1. The summed E-state index contributed by atoms with van der Waals surface area (Å²) >= 11 is 8.45. The van der Waals surface area contributed by atoms with Crippen molar-refractivity contribution in [3.63, 3.8) is 0 Å². The van der Waals surface area contributed by atoms with E-state index in [1.807, 2.05) is 6.92 Å². The Morgan fingerprint density at radius 2 is 1.93 bits per heavy atom. The molecule has 4 rings (SSSR count). The van der Waals surface area contributed by atoms with Crippen molar-refractivity contribution in [1.82, 2.24) is 10.2 Å². The van der Waals surface area contributed by atoms with Gasteiger partial charge in [0.05, 0.1) is 29.8 Å². The highest BCUT2D eigenvalue weighted by Crippen LogP contribution is 2.49. The molecule has 0 unspecified atom stereocenters. The predicted molar refractivity (Wildman–Crippen MR) is 216 cm³/mol. The number of aliphatic hydroxyl groups excluding tert-OH is 1. The maximum atomic E-state index is 14.2. The zero-order valence-corrected chi connectivity index (χ0v) is 35.7. The van der Waals surface area contributed by atoms with Gasteiger partial charge in [0.1, 0.15) is 23.9 Å². The van der Waals surface area contributed by atoms with Gasteiger partial charge in [-0.25, -0.2) is 9.59 Å². The molecule has 0 aromatic heterocycles. The first kappa shape index (κ1) is 45.3. The standard InChI is InChI=1S/C41H58ClN3O10S/c1-23(2)56-39(6,7)15-14-33(48)44(9)26(5)37(50)54-32-19-34(49)45(10)30-18-27(17-28(21-46)35(30)42)16-24(3)12-11-13-29(22-47)41(52)20-31(53-38(51)43-41)25(4)36-40(32,8)55-36/h11-13,17-18,21,23,25-26,29,31-32,36,47,52H,14-16,19-20,22H2,1-10H3,(H,43,51)/b13-11+,24-12+/t25-,26+,29+,31+,32+,36+,40+,41+/m1/s1. The van der Waals surface area contributed by atoms with Gasteiger partial charge in [0.2, 0.25) is 11.8 Å². The van der Waals surface area contributed by atoms with E-state index in [-0.39, 0.29) is 46.2 Å². The van der Waals surface area contributed by atoms with Gasteiger partial charge in [0.25, 0.3) is 0 Å². The zero-order chi connectivity index (χ0) is 41.9. The van der Waals surface area contributed by atoms with Crippen LogP contribution in [0.3, 0.4) is 0 Å². The molecule has 0 radical (unpaired) electrons. The van der Waals surface area contributed by atoms with E-state index in [2.05, 4.69) is 33.0 Å². The maximum absolute atomic E-state index is 14.2. The molecule has 4 bridgehead atoms. The highest BCUT2D eigenvalue weighted by molar-refractivity contribution is 8.01. The molecule has 3 aliphatic rings. The van der Waals surface area contributed by atoms with Crippen LogP contribution < -0.4 is 10.2 Å². The van der Waals surface area contributed by atoms with Crippen LogP contribution in [0, 0.1) is 11.8 Å². The predicted octanol–water partition coefficient (Wildman–Crippen LogP) is 5.61. The number of esters is 1. The first-order chi connectivity index (χ1) is 26.0. The van der Waals surface area contributed by atoms with Gasteiger partial charge in [-0.15, -0.1) is 0 Å². The molecule has 3 aliphatic heterocycles. The minimum Gasteiger partial charge on any atom is -0.457 e. The lowest BCUT2D eigenvalue weighted by Gasteiger charge is -2.42. The number of halogens is 1. The van der Waals surface area contributed by atoms with Crippen LogP contribution in [0.2, 0.25) is 5.02 Å². The molecular formula is C41H58ClN3O10S. The van der Waals surface area contributed by atoms with Gasteiger partial charge in [-0.05, 0) is 56.6 Å². The number of nitrogens with zero attached hydrogens (tertiary/aromatic N) is 2. The number of anilines is 1. The van der Waals surface area contributed by atoms with Crippen molar-refractivity contribution < 1.29 is 48.4 Å². The third-order valence-corrected chi connectivity index (χ3v) is 12.9. The lowest BCUT2D eigenvalue weighted by Crippen LogP contribution is -2.62. The number of amides is 3. The summed E-state index contributed by atoms with van der Waals surface area (Å²) in [6, 6.07) is 2.34. The molecule has 2 saturated heterocycles. The van der Waals surface area contributed by atoms with Crippen LogP contribution in [0.25, 0.3) is 0 Å². The molecule has 3 N–H and O–H groups in total. The minimum atomic E-state index is -1.88.